The third-order valence-electron chi connectivity index (χ3n) is 4.08. The molecule has 1 aliphatic carbocycles. The largest absolute Gasteiger partial charge is 0.497 e. The molecule has 1 heterocycles. The van der Waals surface area contributed by atoms with Gasteiger partial charge in [-0.1, -0.05) is 12.1 Å². The SMILES string of the molecule is COc1ccc(C(NCCCn2ccnc2)C2CC2)cc1. The molecule has 0 saturated heterocycles. The van der Waals surface area contributed by atoms with Gasteiger partial charge in [-0.05, 0) is 49.4 Å². The van der Waals surface area contributed by atoms with Crippen LogP contribution >= 0.6 is 0 Å². The lowest BCUT2D eigenvalue weighted by molar-refractivity contribution is 0.413. The quantitative estimate of drug-likeness (QED) is 0.758. The van der Waals surface area contributed by atoms with Gasteiger partial charge < -0.3 is 14.6 Å². The van der Waals surface area contributed by atoms with E-state index in [0.717, 1.165) is 31.2 Å². The average Bonchev–Trinajstić information content (AvgIpc) is 3.23. The van der Waals surface area contributed by atoms with E-state index in [1.54, 1.807) is 7.11 Å². The number of methoxy groups -OCH3 is 1. The van der Waals surface area contributed by atoms with Crippen LogP contribution in [0.15, 0.2) is 43.0 Å². The van der Waals surface area contributed by atoms with Crippen molar-refractivity contribution in [2.45, 2.75) is 31.8 Å². The number of hydrogen-bond acceptors (Lipinski definition) is 3. The number of nitrogens with zero attached hydrogens (tertiary/aromatic N) is 2. The zero-order valence-corrected chi connectivity index (χ0v) is 12.5. The van der Waals surface area contributed by atoms with Gasteiger partial charge in [0.1, 0.15) is 5.75 Å². The number of hydrogen-bond donors (Lipinski definition) is 1. The highest BCUT2D eigenvalue weighted by molar-refractivity contribution is 5.30. The summed E-state index contributed by atoms with van der Waals surface area (Å²) in [5.74, 6) is 1.72. The van der Waals surface area contributed by atoms with Crippen LogP contribution in [0.1, 0.15) is 30.9 Å². The third kappa shape index (κ3) is 3.85. The first-order chi connectivity index (χ1) is 10.4. The van der Waals surface area contributed by atoms with Gasteiger partial charge >= 0.3 is 0 Å². The molecule has 4 heteroatoms. The molecule has 21 heavy (non-hydrogen) atoms. The summed E-state index contributed by atoms with van der Waals surface area (Å²) in [6.07, 6.45) is 9.52. The van der Waals surface area contributed by atoms with E-state index in [4.69, 9.17) is 4.74 Å². The Morgan fingerprint density at radius 2 is 2.14 bits per heavy atom. The topological polar surface area (TPSA) is 39.1 Å². The van der Waals surface area contributed by atoms with Crippen molar-refractivity contribution in [1.29, 1.82) is 0 Å². The number of imidazole rings is 1. The highest BCUT2D eigenvalue weighted by Crippen LogP contribution is 2.41. The fourth-order valence-electron chi connectivity index (χ4n) is 2.74. The molecule has 1 fully saturated rings. The highest BCUT2D eigenvalue weighted by atomic mass is 16.5. The summed E-state index contributed by atoms with van der Waals surface area (Å²) in [5.41, 5.74) is 1.38. The smallest absolute Gasteiger partial charge is 0.118 e. The van der Waals surface area contributed by atoms with Crippen LogP contribution in [0.25, 0.3) is 0 Å². The summed E-state index contributed by atoms with van der Waals surface area (Å²) in [5, 5.41) is 3.72. The molecule has 3 rings (SSSR count). The maximum absolute atomic E-state index is 5.24. The van der Waals surface area contributed by atoms with Crippen molar-refractivity contribution in [3.05, 3.63) is 48.5 Å². The van der Waals surface area contributed by atoms with Crippen LogP contribution in [-0.2, 0) is 6.54 Å². The molecule has 0 spiro atoms. The minimum Gasteiger partial charge on any atom is -0.497 e. The van der Waals surface area contributed by atoms with Crippen molar-refractivity contribution in [3.8, 4) is 5.75 Å². The molecular weight excluding hydrogens is 262 g/mol. The Morgan fingerprint density at radius 1 is 1.33 bits per heavy atom. The molecule has 1 saturated carbocycles. The Bertz CT molecular complexity index is 532. The second-order valence-electron chi connectivity index (χ2n) is 5.70. The fourth-order valence-corrected chi connectivity index (χ4v) is 2.74. The fraction of sp³-hybridized carbons (Fsp3) is 0.471. The standard InChI is InChI=1S/C17H23N3O/c1-21-16-7-5-15(6-8-16)17(14-3-4-14)19-9-2-11-20-12-10-18-13-20/h5-8,10,12-14,17,19H,2-4,9,11H2,1H3. The molecule has 0 aliphatic heterocycles. The van der Waals surface area contributed by atoms with Crippen LogP contribution < -0.4 is 10.1 Å². The number of nitrogens with one attached hydrogen (secondary N) is 1. The minimum atomic E-state index is 0.485. The lowest BCUT2D eigenvalue weighted by atomic mass is 10.0. The monoisotopic (exact) mass is 285 g/mol. The molecule has 1 atom stereocenters. The minimum absolute atomic E-state index is 0.485. The van der Waals surface area contributed by atoms with Crippen LogP contribution in [0.2, 0.25) is 0 Å². The second-order valence-corrected chi connectivity index (χ2v) is 5.70. The van der Waals surface area contributed by atoms with Crippen LogP contribution in [0.5, 0.6) is 5.75 Å². The number of ether oxygens (including phenoxy) is 1. The van der Waals surface area contributed by atoms with Crippen LogP contribution in [0.4, 0.5) is 0 Å². The molecule has 112 valence electrons. The van der Waals surface area contributed by atoms with E-state index in [0.29, 0.717) is 6.04 Å². The molecule has 2 aromatic rings. The van der Waals surface area contributed by atoms with E-state index >= 15 is 0 Å². The highest BCUT2D eigenvalue weighted by Gasteiger charge is 2.31. The van der Waals surface area contributed by atoms with Crippen LogP contribution in [0, 0.1) is 5.92 Å². The zero-order valence-electron chi connectivity index (χ0n) is 12.5. The predicted octanol–water partition coefficient (Wildman–Crippen LogP) is 3.02. The molecule has 0 radical (unpaired) electrons. The van der Waals surface area contributed by atoms with Crippen LogP contribution in [0.3, 0.4) is 0 Å². The predicted molar refractivity (Wildman–Crippen MR) is 83.3 cm³/mol. The lowest BCUT2D eigenvalue weighted by Gasteiger charge is -2.19. The normalized spacial score (nSPS) is 15.9. The first-order valence-electron chi connectivity index (χ1n) is 7.70. The van der Waals surface area contributed by atoms with Crippen LogP contribution in [-0.4, -0.2) is 23.2 Å². The van der Waals surface area contributed by atoms with E-state index in [2.05, 4.69) is 39.1 Å². The van der Waals surface area contributed by atoms with E-state index in [-0.39, 0.29) is 0 Å². The Balaban J connectivity index is 1.52. The molecule has 1 aromatic carbocycles. The van der Waals surface area contributed by atoms with Crippen molar-refractivity contribution < 1.29 is 4.74 Å². The second kappa shape index (κ2) is 6.76. The number of rotatable bonds is 8. The molecule has 4 nitrogen and oxygen atoms in total. The van der Waals surface area contributed by atoms with Crippen molar-refractivity contribution in [3.63, 3.8) is 0 Å². The molecular formula is C17H23N3O. The van der Waals surface area contributed by atoms with Gasteiger partial charge in [0.05, 0.1) is 13.4 Å². The van der Waals surface area contributed by atoms with Gasteiger partial charge in [0.25, 0.3) is 0 Å². The van der Waals surface area contributed by atoms with Gasteiger partial charge in [-0.3, -0.25) is 0 Å². The number of benzene rings is 1. The van der Waals surface area contributed by atoms with Gasteiger partial charge in [-0.15, -0.1) is 0 Å². The maximum Gasteiger partial charge on any atom is 0.118 e. The summed E-state index contributed by atoms with van der Waals surface area (Å²) in [4.78, 5) is 4.07. The third-order valence-corrected chi connectivity index (χ3v) is 4.08. The number of aryl methyl sites for hydroxylation is 1. The van der Waals surface area contributed by atoms with Gasteiger partial charge in [-0.25, -0.2) is 4.98 Å². The maximum atomic E-state index is 5.24. The van der Waals surface area contributed by atoms with Gasteiger partial charge in [0, 0.05) is 25.0 Å². The average molecular weight is 285 g/mol. The first kappa shape index (κ1) is 14.1. The molecule has 1 unspecified atom stereocenters. The van der Waals surface area contributed by atoms with Crippen molar-refractivity contribution in [1.82, 2.24) is 14.9 Å². The van der Waals surface area contributed by atoms with Crippen molar-refractivity contribution >= 4 is 0 Å². The zero-order chi connectivity index (χ0) is 14.5. The summed E-state index contributed by atoms with van der Waals surface area (Å²) in [7, 11) is 1.71. The summed E-state index contributed by atoms with van der Waals surface area (Å²) in [6.45, 7) is 2.05. The summed E-state index contributed by atoms with van der Waals surface area (Å²) < 4.78 is 7.36. The van der Waals surface area contributed by atoms with E-state index in [1.807, 2.05) is 18.7 Å². The molecule has 0 bridgehead atoms. The molecule has 1 aliphatic rings. The van der Waals surface area contributed by atoms with Gasteiger partial charge in [0.2, 0.25) is 0 Å². The van der Waals surface area contributed by atoms with Crippen molar-refractivity contribution in [2.24, 2.45) is 5.92 Å². The molecule has 1 N–H and O–H groups in total. The number of aromatic nitrogens is 2. The van der Waals surface area contributed by atoms with E-state index in [9.17, 15) is 0 Å². The Hall–Kier alpha value is -1.81. The Labute approximate surface area is 126 Å². The lowest BCUT2D eigenvalue weighted by Crippen LogP contribution is -2.24. The Morgan fingerprint density at radius 3 is 2.76 bits per heavy atom. The van der Waals surface area contributed by atoms with E-state index in [1.165, 1.54) is 18.4 Å². The van der Waals surface area contributed by atoms with Crippen molar-refractivity contribution in [2.75, 3.05) is 13.7 Å². The van der Waals surface area contributed by atoms with Gasteiger partial charge in [-0.2, -0.15) is 0 Å². The van der Waals surface area contributed by atoms with E-state index < -0.39 is 0 Å². The first-order valence-corrected chi connectivity index (χ1v) is 7.70. The summed E-state index contributed by atoms with van der Waals surface area (Å²) >= 11 is 0. The van der Waals surface area contributed by atoms with Gasteiger partial charge in [0.15, 0.2) is 0 Å². The molecule has 0 amide bonds. The Kier molecular flexibility index (Phi) is 4.55. The summed E-state index contributed by atoms with van der Waals surface area (Å²) in [6, 6.07) is 8.96. The molecule has 1 aromatic heterocycles.